The summed E-state index contributed by atoms with van der Waals surface area (Å²) in [5.41, 5.74) is 2.12. The molecule has 0 spiro atoms. The molecule has 2 aromatic rings. The summed E-state index contributed by atoms with van der Waals surface area (Å²) in [7, 11) is -3.62. The standard InChI is InChI=1S/C27H31N3O5S/c31-25-14-15-26(32)30(25)23-10-6-22(7-11-23)27(33)28-16-18-29(19-17-28)36(34,35)24-12-8-21(9-13-24)20-4-2-1-3-5-20/h6-13,20H,1-5,14-19H2. The van der Waals surface area contributed by atoms with E-state index in [0.717, 1.165) is 4.90 Å². The Bertz CT molecular complexity index is 1230. The molecule has 3 fully saturated rings. The smallest absolute Gasteiger partial charge is 0.253 e. The number of nitrogens with zero attached hydrogens (tertiary/aromatic N) is 3. The molecule has 8 nitrogen and oxygen atoms in total. The van der Waals surface area contributed by atoms with Crippen LogP contribution in [-0.2, 0) is 19.6 Å². The van der Waals surface area contributed by atoms with Gasteiger partial charge in [-0.3, -0.25) is 19.3 Å². The molecule has 2 saturated heterocycles. The molecule has 0 radical (unpaired) electrons. The molecule has 5 rings (SSSR count). The molecule has 3 aliphatic rings. The van der Waals surface area contributed by atoms with E-state index in [1.54, 1.807) is 41.3 Å². The van der Waals surface area contributed by atoms with Crippen LogP contribution in [0.4, 0.5) is 5.69 Å². The molecule has 36 heavy (non-hydrogen) atoms. The highest BCUT2D eigenvalue weighted by Gasteiger charge is 2.32. The number of hydrogen-bond acceptors (Lipinski definition) is 5. The second kappa shape index (κ2) is 10.1. The SMILES string of the molecule is O=C(c1ccc(N2C(=O)CCC2=O)cc1)N1CCN(S(=O)(=O)c2ccc(C3CCCCC3)cc2)CC1. The van der Waals surface area contributed by atoms with Gasteiger partial charge >= 0.3 is 0 Å². The summed E-state index contributed by atoms with van der Waals surface area (Å²) in [5, 5.41) is 0. The van der Waals surface area contributed by atoms with Crippen LogP contribution in [-0.4, -0.2) is 61.5 Å². The van der Waals surface area contributed by atoms with Crippen LogP contribution in [0.1, 0.15) is 66.8 Å². The molecule has 1 aliphatic carbocycles. The van der Waals surface area contributed by atoms with Gasteiger partial charge in [-0.2, -0.15) is 4.31 Å². The number of hydrogen-bond donors (Lipinski definition) is 0. The minimum absolute atomic E-state index is 0.200. The number of rotatable bonds is 5. The Morgan fingerprint density at radius 3 is 1.92 bits per heavy atom. The van der Waals surface area contributed by atoms with Gasteiger partial charge in [0, 0.05) is 44.6 Å². The van der Waals surface area contributed by atoms with Crippen molar-refractivity contribution in [3.63, 3.8) is 0 Å². The number of anilines is 1. The van der Waals surface area contributed by atoms with Crippen LogP contribution in [0.15, 0.2) is 53.4 Å². The summed E-state index contributed by atoms with van der Waals surface area (Å²) in [5.74, 6) is -0.148. The number of sulfonamides is 1. The molecule has 0 unspecified atom stereocenters. The Hall–Kier alpha value is -3.04. The van der Waals surface area contributed by atoms with Gasteiger partial charge in [0.2, 0.25) is 21.8 Å². The van der Waals surface area contributed by atoms with Gasteiger partial charge in [0.15, 0.2) is 0 Å². The first-order chi connectivity index (χ1) is 17.3. The van der Waals surface area contributed by atoms with E-state index >= 15 is 0 Å². The van der Waals surface area contributed by atoms with Gasteiger partial charge in [0.05, 0.1) is 10.6 Å². The van der Waals surface area contributed by atoms with Gasteiger partial charge in [0.1, 0.15) is 0 Å². The van der Waals surface area contributed by atoms with Gasteiger partial charge < -0.3 is 4.90 Å². The van der Waals surface area contributed by atoms with Crippen molar-refractivity contribution in [3.05, 3.63) is 59.7 Å². The Morgan fingerprint density at radius 2 is 1.33 bits per heavy atom. The quantitative estimate of drug-likeness (QED) is 0.575. The number of piperazine rings is 1. The summed E-state index contributed by atoms with van der Waals surface area (Å²) in [6, 6.07) is 13.8. The van der Waals surface area contributed by atoms with Gasteiger partial charge in [-0.05, 0) is 60.7 Å². The first kappa shape index (κ1) is 24.6. The second-order valence-corrected chi connectivity index (χ2v) is 11.7. The molecule has 0 bridgehead atoms. The molecule has 0 N–H and O–H groups in total. The Morgan fingerprint density at radius 1 is 0.750 bits per heavy atom. The maximum absolute atomic E-state index is 13.2. The van der Waals surface area contributed by atoms with Gasteiger partial charge in [-0.25, -0.2) is 8.42 Å². The van der Waals surface area contributed by atoms with Crippen LogP contribution in [0.25, 0.3) is 0 Å². The summed E-state index contributed by atoms with van der Waals surface area (Å²) in [6.45, 7) is 1.05. The molecule has 2 aromatic carbocycles. The Kier molecular flexibility index (Phi) is 6.94. The lowest BCUT2D eigenvalue weighted by molar-refractivity contribution is -0.121. The number of benzene rings is 2. The molecular weight excluding hydrogens is 478 g/mol. The molecule has 9 heteroatoms. The molecule has 2 aliphatic heterocycles. The maximum Gasteiger partial charge on any atom is 0.253 e. The lowest BCUT2D eigenvalue weighted by Gasteiger charge is -2.34. The van der Waals surface area contributed by atoms with Crippen molar-refractivity contribution < 1.29 is 22.8 Å². The van der Waals surface area contributed by atoms with Crippen molar-refractivity contribution >= 4 is 33.4 Å². The fourth-order valence-corrected chi connectivity index (χ4v) is 6.85. The van der Waals surface area contributed by atoms with E-state index in [-0.39, 0.29) is 43.7 Å². The minimum atomic E-state index is -3.62. The largest absolute Gasteiger partial charge is 0.336 e. The molecule has 0 atom stereocenters. The molecule has 2 heterocycles. The molecule has 190 valence electrons. The van der Waals surface area contributed by atoms with Gasteiger partial charge in [-0.15, -0.1) is 0 Å². The van der Waals surface area contributed by atoms with Crippen molar-refractivity contribution in [1.29, 1.82) is 0 Å². The minimum Gasteiger partial charge on any atom is -0.336 e. The average Bonchev–Trinajstić information content (AvgIpc) is 3.26. The zero-order valence-electron chi connectivity index (χ0n) is 20.3. The third kappa shape index (κ3) is 4.82. The van der Waals surface area contributed by atoms with Crippen LogP contribution in [0, 0.1) is 0 Å². The highest BCUT2D eigenvalue weighted by atomic mass is 32.2. The van der Waals surface area contributed by atoms with Crippen molar-refractivity contribution in [2.45, 2.75) is 55.8 Å². The number of amides is 3. The highest BCUT2D eigenvalue weighted by Crippen LogP contribution is 2.33. The first-order valence-electron chi connectivity index (χ1n) is 12.7. The van der Waals surface area contributed by atoms with E-state index in [2.05, 4.69) is 0 Å². The van der Waals surface area contributed by atoms with Crippen molar-refractivity contribution in [2.75, 3.05) is 31.1 Å². The fraction of sp³-hybridized carbons (Fsp3) is 0.444. The van der Waals surface area contributed by atoms with Gasteiger partial charge in [-0.1, -0.05) is 31.4 Å². The number of carbonyl (C=O) groups excluding carboxylic acids is 3. The van der Waals surface area contributed by atoms with Crippen molar-refractivity contribution in [2.24, 2.45) is 0 Å². The lowest BCUT2D eigenvalue weighted by atomic mass is 9.84. The molecular formula is C27H31N3O5S. The normalized spacial score (nSPS) is 20.2. The fourth-order valence-electron chi connectivity index (χ4n) is 5.43. The van der Waals surface area contributed by atoms with E-state index in [4.69, 9.17) is 0 Å². The lowest BCUT2D eigenvalue weighted by Crippen LogP contribution is -2.50. The van der Waals surface area contributed by atoms with E-state index in [9.17, 15) is 22.8 Å². The summed E-state index contributed by atoms with van der Waals surface area (Å²) in [4.78, 5) is 39.9. The third-order valence-corrected chi connectivity index (χ3v) is 9.46. The van der Waals surface area contributed by atoms with Crippen molar-refractivity contribution in [1.82, 2.24) is 9.21 Å². The Balaban J connectivity index is 1.20. The summed E-state index contributed by atoms with van der Waals surface area (Å²) < 4.78 is 27.8. The Labute approximate surface area is 211 Å². The maximum atomic E-state index is 13.2. The first-order valence-corrected chi connectivity index (χ1v) is 14.1. The summed E-state index contributed by atoms with van der Waals surface area (Å²) >= 11 is 0. The van der Waals surface area contributed by atoms with E-state index in [1.807, 2.05) is 12.1 Å². The molecule has 1 saturated carbocycles. The molecule has 3 amide bonds. The second-order valence-electron chi connectivity index (χ2n) is 9.77. The van der Waals surface area contributed by atoms with Crippen molar-refractivity contribution in [3.8, 4) is 0 Å². The molecule has 0 aromatic heterocycles. The van der Waals surface area contributed by atoms with E-state index in [1.165, 1.54) is 42.0 Å². The number of carbonyl (C=O) groups is 3. The predicted octanol–water partition coefficient (Wildman–Crippen LogP) is 3.53. The number of imide groups is 1. The van der Waals surface area contributed by atoms with E-state index < -0.39 is 10.0 Å². The predicted molar refractivity (Wildman–Crippen MR) is 135 cm³/mol. The third-order valence-electron chi connectivity index (χ3n) is 7.54. The zero-order valence-corrected chi connectivity index (χ0v) is 21.1. The zero-order chi connectivity index (χ0) is 25.3. The topological polar surface area (TPSA) is 95.1 Å². The highest BCUT2D eigenvalue weighted by molar-refractivity contribution is 7.89. The van der Waals surface area contributed by atoms with Crippen LogP contribution in [0.5, 0.6) is 0 Å². The van der Waals surface area contributed by atoms with Gasteiger partial charge in [0.25, 0.3) is 5.91 Å². The monoisotopic (exact) mass is 509 g/mol. The van der Waals surface area contributed by atoms with Crippen LogP contribution in [0.3, 0.4) is 0 Å². The van der Waals surface area contributed by atoms with Crippen LogP contribution < -0.4 is 4.90 Å². The average molecular weight is 510 g/mol. The van der Waals surface area contributed by atoms with Crippen LogP contribution >= 0.6 is 0 Å². The van der Waals surface area contributed by atoms with E-state index in [0.29, 0.717) is 35.2 Å². The summed E-state index contributed by atoms with van der Waals surface area (Å²) in [6.07, 6.45) is 6.49. The van der Waals surface area contributed by atoms with Crippen LogP contribution in [0.2, 0.25) is 0 Å².